The molecular weight excluding hydrogens is 258 g/mol. The molecule has 0 saturated heterocycles. The van der Waals surface area contributed by atoms with Gasteiger partial charge < -0.3 is 10.1 Å². The summed E-state index contributed by atoms with van der Waals surface area (Å²) in [7, 11) is 1.71. The Kier molecular flexibility index (Phi) is 3.98. The molecule has 0 saturated carbocycles. The summed E-state index contributed by atoms with van der Waals surface area (Å²) in [5, 5.41) is 3.65. The van der Waals surface area contributed by atoms with Crippen molar-refractivity contribution < 1.29 is 4.74 Å². The number of ether oxygens (including phenoxy) is 1. The monoisotopic (exact) mass is 281 g/mol. The Balaban J connectivity index is 1.99. The van der Waals surface area contributed by atoms with Crippen LogP contribution in [0, 0.1) is 0 Å². The Bertz CT molecular complexity index is 616. The third kappa shape index (κ3) is 2.81. The average Bonchev–Trinajstić information content (AvgIpc) is 2.54. The van der Waals surface area contributed by atoms with Crippen molar-refractivity contribution in [3.63, 3.8) is 0 Å². The zero-order valence-corrected chi connectivity index (χ0v) is 13.0. The van der Waals surface area contributed by atoms with E-state index in [2.05, 4.69) is 49.5 Å². The first-order chi connectivity index (χ1) is 10.2. The van der Waals surface area contributed by atoms with Crippen LogP contribution in [-0.4, -0.2) is 13.7 Å². The van der Waals surface area contributed by atoms with Crippen LogP contribution in [0.15, 0.2) is 42.5 Å². The number of methoxy groups -OCH3 is 1. The molecule has 0 radical (unpaired) electrons. The zero-order chi connectivity index (χ0) is 14.8. The topological polar surface area (TPSA) is 21.3 Å². The van der Waals surface area contributed by atoms with Crippen molar-refractivity contribution in [3.05, 3.63) is 64.7 Å². The molecule has 1 atom stereocenters. The molecule has 0 aliphatic carbocycles. The lowest BCUT2D eigenvalue weighted by atomic mass is 9.87. The maximum atomic E-state index is 5.26. The summed E-state index contributed by atoms with van der Waals surface area (Å²) in [5.74, 6) is 1.47. The molecule has 1 N–H and O–H groups in total. The van der Waals surface area contributed by atoms with E-state index in [1.165, 1.54) is 22.3 Å². The molecule has 2 aromatic carbocycles. The molecule has 2 heteroatoms. The normalized spacial score (nSPS) is 17.6. The first-order valence-electron chi connectivity index (χ1n) is 7.69. The van der Waals surface area contributed by atoms with Crippen molar-refractivity contribution in [2.75, 3.05) is 13.7 Å². The van der Waals surface area contributed by atoms with E-state index in [-0.39, 0.29) is 0 Å². The summed E-state index contributed by atoms with van der Waals surface area (Å²) in [6.07, 6.45) is 1.11. The second kappa shape index (κ2) is 5.90. The molecule has 3 rings (SSSR count). The fourth-order valence-electron chi connectivity index (χ4n) is 3.02. The fourth-order valence-corrected chi connectivity index (χ4v) is 3.02. The van der Waals surface area contributed by atoms with E-state index in [9.17, 15) is 0 Å². The van der Waals surface area contributed by atoms with Crippen molar-refractivity contribution in [2.45, 2.75) is 32.2 Å². The van der Waals surface area contributed by atoms with Crippen molar-refractivity contribution in [1.29, 1.82) is 0 Å². The summed E-state index contributed by atoms with van der Waals surface area (Å²) in [6, 6.07) is 15.7. The summed E-state index contributed by atoms with van der Waals surface area (Å²) >= 11 is 0. The third-order valence-corrected chi connectivity index (χ3v) is 4.34. The van der Waals surface area contributed by atoms with Crippen LogP contribution in [0.5, 0.6) is 5.75 Å². The minimum absolute atomic E-state index is 0.290. The smallest absolute Gasteiger partial charge is 0.118 e. The number of nitrogens with one attached hydrogen (secondary N) is 1. The van der Waals surface area contributed by atoms with Gasteiger partial charge in [0.25, 0.3) is 0 Å². The third-order valence-electron chi connectivity index (χ3n) is 4.34. The summed E-state index contributed by atoms with van der Waals surface area (Å²) in [5.41, 5.74) is 5.62. The quantitative estimate of drug-likeness (QED) is 0.916. The van der Waals surface area contributed by atoms with Crippen LogP contribution in [0.4, 0.5) is 0 Å². The Hall–Kier alpha value is -1.80. The van der Waals surface area contributed by atoms with Gasteiger partial charge in [0.15, 0.2) is 0 Å². The van der Waals surface area contributed by atoms with Crippen molar-refractivity contribution in [3.8, 4) is 5.75 Å². The Morgan fingerprint density at radius 3 is 2.52 bits per heavy atom. The van der Waals surface area contributed by atoms with E-state index in [1.807, 2.05) is 12.1 Å². The molecule has 0 amide bonds. The molecular formula is C19H23NO. The van der Waals surface area contributed by atoms with E-state index < -0.39 is 0 Å². The lowest BCUT2D eigenvalue weighted by molar-refractivity contribution is 0.414. The lowest BCUT2D eigenvalue weighted by Gasteiger charge is -2.28. The molecule has 2 nitrogen and oxygen atoms in total. The van der Waals surface area contributed by atoms with Gasteiger partial charge in [-0.2, -0.15) is 0 Å². The summed E-state index contributed by atoms with van der Waals surface area (Å²) in [6.45, 7) is 5.53. The molecule has 0 spiro atoms. The molecule has 0 bridgehead atoms. The van der Waals surface area contributed by atoms with Crippen LogP contribution in [-0.2, 0) is 6.42 Å². The van der Waals surface area contributed by atoms with Gasteiger partial charge in [0.2, 0.25) is 0 Å². The van der Waals surface area contributed by atoms with Gasteiger partial charge in [-0.1, -0.05) is 44.2 Å². The maximum absolute atomic E-state index is 5.26. The van der Waals surface area contributed by atoms with Gasteiger partial charge in [0, 0.05) is 6.54 Å². The second-order valence-corrected chi connectivity index (χ2v) is 6.02. The minimum atomic E-state index is 0.290. The predicted octanol–water partition coefficient (Wildman–Crippen LogP) is 4.05. The predicted molar refractivity (Wildman–Crippen MR) is 87.1 cm³/mol. The molecule has 1 aliphatic heterocycles. The molecule has 1 heterocycles. The van der Waals surface area contributed by atoms with Crippen molar-refractivity contribution >= 4 is 0 Å². The van der Waals surface area contributed by atoms with E-state index in [1.54, 1.807) is 7.11 Å². The van der Waals surface area contributed by atoms with Crippen LogP contribution in [0.2, 0.25) is 0 Å². The summed E-state index contributed by atoms with van der Waals surface area (Å²) < 4.78 is 5.26. The highest BCUT2D eigenvalue weighted by molar-refractivity contribution is 5.43. The molecule has 1 unspecified atom stereocenters. The van der Waals surface area contributed by atoms with Crippen molar-refractivity contribution in [2.24, 2.45) is 0 Å². The van der Waals surface area contributed by atoms with E-state index in [4.69, 9.17) is 4.74 Å². The van der Waals surface area contributed by atoms with Gasteiger partial charge in [-0.15, -0.1) is 0 Å². The zero-order valence-electron chi connectivity index (χ0n) is 13.0. The SMILES string of the molecule is COc1ccc(C2NCCc3ccc(C(C)C)cc32)cc1. The number of fused-ring (bicyclic) bond motifs is 1. The van der Waals surface area contributed by atoms with Gasteiger partial charge in [-0.3, -0.25) is 0 Å². The van der Waals surface area contributed by atoms with Crippen LogP contribution < -0.4 is 10.1 Å². The van der Waals surface area contributed by atoms with Crippen LogP contribution in [0.25, 0.3) is 0 Å². The first-order valence-corrected chi connectivity index (χ1v) is 7.69. The number of hydrogen-bond donors (Lipinski definition) is 1. The van der Waals surface area contributed by atoms with E-state index >= 15 is 0 Å². The Morgan fingerprint density at radius 1 is 1.10 bits per heavy atom. The van der Waals surface area contributed by atoms with Crippen LogP contribution in [0.1, 0.15) is 48.1 Å². The van der Waals surface area contributed by atoms with Crippen molar-refractivity contribution in [1.82, 2.24) is 5.32 Å². The van der Waals surface area contributed by atoms with Gasteiger partial charge in [-0.05, 0) is 46.7 Å². The largest absolute Gasteiger partial charge is 0.497 e. The first kappa shape index (κ1) is 14.2. The minimum Gasteiger partial charge on any atom is -0.497 e. The Morgan fingerprint density at radius 2 is 1.86 bits per heavy atom. The number of benzene rings is 2. The molecule has 1 aliphatic rings. The van der Waals surface area contributed by atoms with Gasteiger partial charge >= 0.3 is 0 Å². The lowest BCUT2D eigenvalue weighted by Crippen LogP contribution is -2.30. The molecule has 0 fully saturated rings. The molecule has 21 heavy (non-hydrogen) atoms. The van der Waals surface area contributed by atoms with Crippen LogP contribution >= 0.6 is 0 Å². The van der Waals surface area contributed by atoms with Gasteiger partial charge in [0.05, 0.1) is 13.2 Å². The standard InChI is InChI=1S/C19H23NO/c1-13(2)16-5-4-14-10-11-20-19(18(14)12-16)15-6-8-17(21-3)9-7-15/h4-9,12-13,19-20H,10-11H2,1-3H3. The highest BCUT2D eigenvalue weighted by Crippen LogP contribution is 2.31. The highest BCUT2D eigenvalue weighted by Gasteiger charge is 2.21. The maximum Gasteiger partial charge on any atom is 0.118 e. The number of rotatable bonds is 3. The molecule has 0 aromatic heterocycles. The molecule has 110 valence electrons. The van der Waals surface area contributed by atoms with E-state index in [0.29, 0.717) is 12.0 Å². The molecule has 2 aromatic rings. The number of hydrogen-bond acceptors (Lipinski definition) is 2. The Labute approximate surface area is 127 Å². The summed E-state index contributed by atoms with van der Waals surface area (Å²) in [4.78, 5) is 0. The van der Waals surface area contributed by atoms with E-state index in [0.717, 1.165) is 18.7 Å². The second-order valence-electron chi connectivity index (χ2n) is 6.02. The van der Waals surface area contributed by atoms with Crippen LogP contribution in [0.3, 0.4) is 0 Å². The average molecular weight is 281 g/mol. The highest BCUT2D eigenvalue weighted by atomic mass is 16.5. The van der Waals surface area contributed by atoms with Gasteiger partial charge in [0.1, 0.15) is 5.75 Å². The van der Waals surface area contributed by atoms with Gasteiger partial charge in [-0.25, -0.2) is 0 Å². The fraction of sp³-hybridized carbons (Fsp3) is 0.368.